The molecule has 3 nitrogen and oxygen atoms in total. The second-order valence-electron chi connectivity index (χ2n) is 4.32. The third-order valence-corrected chi connectivity index (χ3v) is 3.81. The predicted octanol–water partition coefficient (Wildman–Crippen LogP) is 4.90. The van der Waals surface area contributed by atoms with Crippen LogP contribution in [0.2, 0.25) is 0 Å². The van der Waals surface area contributed by atoms with Crippen molar-refractivity contribution >= 4 is 31.9 Å². The van der Waals surface area contributed by atoms with Crippen molar-refractivity contribution < 1.29 is 4.74 Å². The maximum atomic E-state index is 5.91. The average Bonchev–Trinajstić information content (AvgIpc) is 2.44. The summed E-state index contributed by atoms with van der Waals surface area (Å²) in [4.78, 5) is 4.32. The Kier molecular flexibility index (Phi) is 6.01. The van der Waals surface area contributed by atoms with E-state index in [2.05, 4.69) is 49.1 Å². The van der Waals surface area contributed by atoms with Gasteiger partial charge < -0.3 is 10.1 Å². The molecule has 0 saturated carbocycles. The van der Waals surface area contributed by atoms with Crippen LogP contribution in [-0.4, -0.2) is 11.5 Å². The lowest BCUT2D eigenvalue weighted by Gasteiger charge is -2.11. The van der Waals surface area contributed by atoms with Crippen LogP contribution in [0, 0.1) is 0 Å². The van der Waals surface area contributed by atoms with E-state index in [1.54, 1.807) is 6.20 Å². The molecule has 0 aliphatic rings. The van der Waals surface area contributed by atoms with Crippen LogP contribution in [0.15, 0.2) is 45.5 Å². The van der Waals surface area contributed by atoms with E-state index in [9.17, 15) is 0 Å². The highest BCUT2D eigenvalue weighted by Gasteiger charge is 2.08. The molecule has 2 aromatic rings. The van der Waals surface area contributed by atoms with Crippen molar-refractivity contribution in [3.8, 4) is 11.6 Å². The summed E-state index contributed by atoms with van der Waals surface area (Å²) >= 11 is 6.92. The van der Waals surface area contributed by atoms with E-state index in [1.807, 2.05) is 30.3 Å². The largest absolute Gasteiger partial charge is 0.438 e. The van der Waals surface area contributed by atoms with E-state index in [4.69, 9.17) is 4.74 Å². The Morgan fingerprint density at radius 1 is 1.25 bits per heavy atom. The molecule has 0 radical (unpaired) electrons. The Hall–Kier alpha value is -0.910. The maximum Gasteiger partial charge on any atom is 0.223 e. The van der Waals surface area contributed by atoms with Crippen molar-refractivity contribution in [3.05, 3.63) is 51.0 Å². The van der Waals surface area contributed by atoms with Gasteiger partial charge in [-0.25, -0.2) is 4.98 Å². The van der Waals surface area contributed by atoms with Gasteiger partial charge in [0.15, 0.2) is 0 Å². The number of hydrogen-bond donors (Lipinski definition) is 1. The van der Waals surface area contributed by atoms with Crippen LogP contribution in [0.25, 0.3) is 0 Å². The van der Waals surface area contributed by atoms with Gasteiger partial charge >= 0.3 is 0 Å². The number of rotatable bonds is 6. The fourth-order valence-electron chi connectivity index (χ4n) is 1.71. The van der Waals surface area contributed by atoms with Gasteiger partial charge in [0.1, 0.15) is 5.75 Å². The second kappa shape index (κ2) is 7.76. The molecule has 0 spiro atoms. The standard InChI is InChI=1S/C15H16Br2N2O/c1-2-7-18-10-11-4-3-8-19-15(11)20-14-6-5-12(16)9-13(14)17/h3-6,8-9,18H,2,7,10H2,1H3. The molecule has 1 N–H and O–H groups in total. The Morgan fingerprint density at radius 2 is 2.10 bits per heavy atom. The molecule has 1 aromatic carbocycles. The molecule has 0 amide bonds. The molecule has 2 rings (SSSR count). The lowest BCUT2D eigenvalue weighted by molar-refractivity contribution is 0.450. The van der Waals surface area contributed by atoms with Gasteiger partial charge in [-0.15, -0.1) is 0 Å². The Morgan fingerprint density at radius 3 is 2.85 bits per heavy atom. The lowest BCUT2D eigenvalue weighted by Crippen LogP contribution is -2.14. The summed E-state index contributed by atoms with van der Waals surface area (Å²) in [5.41, 5.74) is 1.05. The smallest absolute Gasteiger partial charge is 0.223 e. The third kappa shape index (κ3) is 4.30. The van der Waals surface area contributed by atoms with Crippen molar-refractivity contribution in [1.29, 1.82) is 0 Å². The summed E-state index contributed by atoms with van der Waals surface area (Å²) in [5.74, 6) is 1.39. The van der Waals surface area contributed by atoms with Crippen molar-refractivity contribution in [1.82, 2.24) is 10.3 Å². The molecule has 5 heteroatoms. The Labute approximate surface area is 136 Å². The van der Waals surface area contributed by atoms with Gasteiger partial charge in [0, 0.05) is 22.8 Å². The minimum absolute atomic E-state index is 0.638. The van der Waals surface area contributed by atoms with E-state index in [1.165, 1.54) is 0 Å². The van der Waals surface area contributed by atoms with Crippen LogP contribution >= 0.6 is 31.9 Å². The molecule has 0 atom stereocenters. The molecule has 20 heavy (non-hydrogen) atoms. The van der Waals surface area contributed by atoms with Gasteiger partial charge in [0.05, 0.1) is 4.47 Å². The topological polar surface area (TPSA) is 34.2 Å². The van der Waals surface area contributed by atoms with E-state index >= 15 is 0 Å². The zero-order chi connectivity index (χ0) is 14.4. The highest BCUT2D eigenvalue weighted by Crippen LogP contribution is 2.32. The summed E-state index contributed by atoms with van der Waals surface area (Å²) in [7, 11) is 0. The van der Waals surface area contributed by atoms with Crippen LogP contribution in [0.3, 0.4) is 0 Å². The number of pyridine rings is 1. The number of hydrogen-bond acceptors (Lipinski definition) is 3. The van der Waals surface area contributed by atoms with Crippen LogP contribution in [0.4, 0.5) is 0 Å². The summed E-state index contributed by atoms with van der Waals surface area (Å²) in [6, 6.07) is 9.75. The molecule has 0 aliphatic carbocycles. The van der Waals surface area contributed by atoms with E-state index in [-0.39, 0.29) is 0 Å². The normalized spacial score (nSPS) is 10.6. The number of nitrogens with zero attached hydrogens (tertiary/aromatic N) is 1. The maximum absolute atomic E-state index is 5.91. The average molecular weight is 400 g/mol. The van der Waals surface area contributed by atoms with Gasteiger partial charge in [0.25, 0.3) is 0 Å². The van der Waals surface area contributed by atoms with Crippen LogP contribution in [-0.2, 0) is 6.54 Å². The molecular formula is C15H16Br2N2O. The number of halogens is 2. The molecular weight excluding hydrogens is 384 g/mol. The molecule has 0 fully saturated rings. The first-order valence-electron chi connectivity index (χ1n) is 6.48. The van der Waals surface area contributed by atoms with Gasteiger partial charge in [-0.2, -0.15) is 0 Å². The number of ether oxygens (including phenoxy) is 1. The Balaban J connectivity index is 2.16. The summed E-state index contributed by atoms with van der Waals surface area (Å²) in [6.45, 7) is 3.88. The SMILES string of the molecule is CCCNCc1cccnc1Oc1ccc(Br)cc1Br. The fourth-order valence-corrected chi connectivity index (χ4v) is 2.84. The van der Waals surface area contributed by atoms with E-state index in [0.717, 1.165) is 39.8 Å². The fraction of sp³-hybridized carbons (Fsp3) is 0.267. The number of nitrogens with one attached hydrogen (secondary N) is 1. The number of aromatic nitrogens is 1. The van der Waals surface area contributed by atoms with Crippen LogP contribution < -0.4 is 10.1 Å². The highest BCUT2D eigenvalue weighted by atomic mass is 79.9. The quantitative estimate of drug-likeness (QED) is 0.701. The van der Waals surface area contributed by atoms with E-state index < -0.39 is 0 Å². The molecule has 0 saturated heterocycles. The van der Waals surface area contributed by atoms with Crippen LogP contribution in [0.1, 0.15) is 18.9 Å². The van der Waals surface area contributed by atoms with Crippen molar-refractivity contribution in [2.75, 3.05) is 6.54 Å². The summed E-state index contributed by atoms with van der Waals surface area (Å²) < 4.78 is 7.80. The first kappa shape index (κ1) is 15.5. The summed E-state index contributed by atoms with van der Waals surface area (Å²) in [6.07, 6.45) is 2.85. The summed E-state index contributed by atoms with van der Waals surface area (Å²) in [5, 5.41) is 3.36. The third-order valence-electron chi connectivity index (χ3n) is 2.69. The number of benzene rings is 1. The highest BCUT2D eigenvalue weighted by molar-refractivity contribution is 9.11. The Bertz CT molecular complexity index is 576. The van der Waals surface area contributed by atoms with Crippen molar-refractivity contribution in [2.45, 2.75) is 19.9 Å². The monoisotopic (exact) mass is 398 g/mol. The van der Waals surface area contributed by atoms with Crippen molar-refractivity contribution in [2.24, 2.45) is 0 Å². The van der Waals surface area contributed by atoms with Gasteiger partial charge in [-0.1, -0.05) is 28.9 Å². The minimum atomic E-state index is 0.638. The molecule has 106 valence electrons. The molecule has 1 heterocycles. The predicted molar refractivity (Wildman–Crippen MR) is 88.2 cm³/mol. The van der Waals surface area contributed by atoms with E-state index in [0.29, 0.717) is 5.88 Å². The lowest BCUT2D eigenvalue weighted by atomic mass is 10.2. The molecule has 0 aliphatic heterocycles. The van der Waals surface area contributed by atoms with Gasteiger partial charge in [-0.05, 0) is 53.2 Å². The van der Waals surface area contributed by atoms with Crippen molar-refractivity contribution in [3.63, 3.8) is 0 Å². The first-order chi connectivity index (χ1) is 9.70. The zero-order valence-corrected chi connectivity index (χ0v) is 14.4. The van der Waals surface area contributed by atoms with Gasteiger partial charge in [-0.3, -0.25) is 0 Å². The second-order valence-corrected chi connectivity index (χ2v) is 6.09. The van der Waals surface area contributed by atoms with Gasteiger partial charge in [0.2, 0.25) is 5.88 Å². The zero-order valence-electron chi connectivity index (χ0n) is 11.2. The minimum Gasteiger partial charge on any atom is -0.438 e. The van der Waals surface area contributed by atoms with Crippen LogP contribution in [0.5, 0.6) is 11.6 Å². The first-order valence-corrected chi connectivity index (χ1v) is 8.07. The molecule has 1 aromatic heterocycles. The molecule has 0 bridgehead atoms. The molecule has 0 unspecified atom stereocenters.